The van der Waals surface area contributed by atoms with E-state index in [1.165, 1.54) is 32.4 Å². The summed E-state index contributed by atoms with van der Waals surface area (Å²) in [6.07, 6.45) is 4.41. The second-order valence-electron chi connectivity index (χ2n) is 4.42. The highest BCUT2D eigenvalue weighted by molar-refractivity contribution is 6.06. The summed E-state index contributed by atoms with van der Waals surface area (Å²) in [5, 5.41) is 0. The van der Waals surface area contributed by atoms with Crippen LogP contribution in [0.1, 0.15) is 23.0 Å². The molecule has 1 aromatic heterocycles. The van der Waals surface area contributed by atoms with Crippen LogP contribution in [0.15, 0.2) is 48.7 Å². The van der Waals surface area contributed by atoms with Gasteiger partial charge in [-0.2, -0.15) is 0 Å². The van der Waals surface area contributed by atoms with E-state index in [9.17, 15) is 9.59 Å². The average molecular weight is 297 g/mol. The Kier molecular flexibility index (Phi) is 5.03. The lowest BCUT2D eigenvalue weighted by atomic mass is 10.1. The van der Waals surface area contributed by atoms with Gasteiger partial charge in [-0.25, -0.2) is 0 Å². The van der Waals surface area contributed by atoms with Crippen LogP contribution >= 0.6 is 0 Å². The quantitative estimate of drug-likeness (QED) is 0.482. The van der Waals surface area contributed by atoms with Gasteiger partial charge in [-0.15, -0.1) is 0 Å². The van der Waals surface area contributed by atoms with Crippen molar-refractivity contribution in [3.05, 3.63) is 59.9 Å². The number of hydrogen-bond acceptors (Lipinski definition) is 5. The third-order valence-corrected chi connectivity index (χ3v) is 2.79. The summed E-state index contributed by atoms with van der Waals surface area (Å²) in [4.78, 5) is 27.2. The van der Waals surface area contributed by atoms with Crippen LogP contribution in [-0.4, -0.2) is 23.8 Å². The van der Waals surface area contributed by atoms with Crippen molar-refractivity contribution in [3.63, 3.8) is 0 Å². The maximum absolute atomic E-state index is 12.0. The number of benzene rings is 1. The van der Waals surface area contributed by atoms with Gasteiger partial charge in [0.2, 0.25) is 0 Å². The highest BCUT2D eigenvalue weighted by Gasteiger charge is 2.08. The molecular weight excluding hydrogens is 282 g/mol. The van der Waals surface area contributed by atoms with Crippen molar-refractivity contribution in [2.45, 2.75) is 6.92 Å². The van der Waals surface area contributed by atoms with Crippen LogP contribution in [0.5, 0.6) is 11.5 Å². The zero-order chi connectivity index (χ0) is 15.9. The first-order chi connectivity index (χ1) is 10.6. The summed E-state index contributed by atoms with van der Waals surface area (Å²) >= 11 is 0. The van der Waals surface area contributed by atoms with Crippen LogP contribution in [0.4, 0.5) is 0 Å². The maximum atomic E-state index is 12.0. The fourth-order valence-corrected chi connectivity index (χ4v) is 1.78. The normalized spacial score (nSPS) is 10.5. The topological polar surface area (TPSA) is 65.5 Å². The largest absolute Gasteiger partial charge is 0.491 e. The molecule has 22 heavy (non-hydrogen) atoms. The molecule has 1 heterocycles. The van der Waals surface area contributed by atoms with Crippen molar-refractivity contribution in [1.29, 1.82) is 0 Å². The number of hydrogen-bond donors (Lipinski definition) is 0. The van der Waals surface area contributed by atoms with Crippen LogP contribution < -0.4 is 9.47 Å². The van der Waals surface area contributed by atoms with Gasteiger partial charge in [-0.1, -0.05) is 30.3 Å². The number of aromatic nitrogens is 1. The number of carbonyl (C=O) groups excluding carboxylic acids is 2. The molecule has 1 aromatic carbocycles. The fraction of sp³-hybridized carbons (Fsp3) is 0.118. The Balaban J connectivity index is 2.20. The highest BCUT2D eigenvalue weighted by Crippen LogP contribution is 2.27. The Morgan fingerprint density at radius 2 is 1.86 bits per heavy atom. The second kappa shape index (κ2) is 7.17. The number of rotatable bonds is 5. The van der Waals surface area contributed by atoms with E-state index in [0.29, 0.717) is 17.0 Å². The molecule has 0 aliphatic rings. The van der Waals surface area contributed by atoms with E-state index < -0.39 is 5.97 Å². The average Bonchev–Trinajstić information content (AvgIpc) is 2.53. The second-order valence-corrected chi connectivity index (χ2v) is 4.42. The van der Waals surface area contributed by atoms with Gasteiger partial charge in [0.05, 0.1) is 19.0 Å². The Morgan fingerprint density at radius 3 is 2.50 bits per heavy atom. The standard InChI is InChI=1S/C17H15NO4/c1-12(19)22-16-10-14(18-11-17(16)21-2)8-9-15(20)13-6-4-3-5-7-13/h3-11H,1-2H3/b9-8+. The van der Waals surface area contributed by atoms with Gasteiger partial charge in [0.15, 0.2) is 17.3 Å². The van der Waals surface area contributed by atoms with Crippen molar-refractivity contribution in [3.8, 4) is 11.5 Å². The lowest BCUT2D eigenvalue weighted by molar-refractivity contribution is -0.132. The predicted octanol–water partition coefficient (Wildman–Crippen LogP) is 2.91. The van der Waals surface area contributed by atoms with Gasteiger partial charge in [-0.3, -0.25) is 14.6 Å². The van der Waals surface area contributed by atoms with E-state index in [-0.39, 0.29) is 11.5 Å². The van der Waals surface area contributed by atoms with Crippen LogP contribution in [0.25, 0.3) is 6.08 Å². The van der Waals surface area contributed by atoms with Gasteiger partial charge in [0.25, 0.3) is 0 Å². The molecule has 0 N–H and O–H groups in total. The number of ether oxygens (including phenoxy) is 2. The van der Waals surface area contributed by atoms with Crippen molar-refractivity contribution < 1.29 is 19.1 Å². The first-order valence-electron chi connectivity index (χ1n) is 6.60. The van der Waals surface area contributed by atoms with Crippen molar-refractivity contribution in [2.24, 2.45) is 0 Å². The number of pyridine rings is 1. The molecule has 0 saturated carbocycles. The van der Waals surface area contributed by atoms with Crippen LogP contribution in [0, 0.1) is 0 Å². The molecule has 0 unspecified atom stereocenters. The first-order valence-corrected chi connectivity index (χ1v) is 6.60. The summed E-state index contributed by atoms with van der Waals surface area (Å²) in [5.41, 5.74) is 1.08. The smallest absolute Gasteiger partial charge is 0.308 e. The van der Waals surface area contributed by atoms with Gasteiger partial charge < -0.3 is 9.47 Å². The SMILES string of the molecule is COc1cnc(/C=C/C(=O)c2ccccc2)cc1OC(C)=O. The van der Waals surface area contributed by atoms with E-state index >= 15 is 0 Å². The fourth-order valence-electron chi connectivity index (χ4n) is 1.78. The minimum Gasteiger partial charge on any atom is -0.491 e. The minimum absolute atomic E-state index is 0.132. The molecule has 5 heteroatoms. The van der Waals surface area contributed by atoms with Crippen molar-refractivity contribution >= 4 is 17.8 Å². The molecule has 0 aliphatic carbocycles. The minimum atomic E-state index is -0.459. The van der Waals surface area contributed by atoms with Crippen LogP contribution in [-0.2, 0) is 4.79 Å². The Bertz CT molecular complexity index is 708. The molecule has 0 amide bonds. The molecule has 0 spiro atoms. The van der Waals surface area contributed by atoms with E-state index in [4.69, 9.17) is 9.47 Å². The van der Waals surface area contributed by atoms with Crippen LogP contribution in [0.2, 0.25) is 0 Å². The summed E-state index contributed by atoms with van der Waals surface area (Å²) in [6.45, 7) is 1.30. The van der Waals surface area contributed by atoms with E-state index in [1.807, 2.05) is 6.07 Å². The van der Waals surface area contributed by atoms with Gasteiger partial charge in [0.1, 0.15) is 0 Å². The van der Waals surface area contributed by atoms with E-state index in [0.717, 1.165) is 0 Å². The molecule has 0 radical (unpaired) electrons. The summed E-state index contributed by atoms with van der Waals surface area (Å²) in [5.74, 6) is 0.0191. The molecule has 5 nitrogen and oxygen atoms in total. The number of nitrogens with zero attached hydrogens (tertiary/aromatic N) is 1. The molecule has 0 aliphatic heterocycles. The molecule has 0 fully saturated rings. The Labute approximate surface area is 128 Å². The molecule has 0 saturated heterocycles. The molecular formula is C17H15NO4. The van der Waals surface area contributed by atoms with Gasteiger partial charge in [0, 0.05) is 18.6 Å². The summed E-state index contributed by atoms with van der Waals surface area (Å²) < 4.78 is 10.1. The Hall–Kier alpha value is -2.95. The zero-order valence-electron chi connectivity index (χ0n) is 12.3. The maximum Gasteiger partial charge on any atom is 0.308 e. The summed E-state index contributed by atoms with van der Waals surface area (Å²) in [6, 6.07) is 10.4. The van der Waals surface area contributed by atoms with Crippen molar-refractivity contribution in [1.82, 2.24) is 4.98 Å². The Morgan fingerprint density at radius 1 is 1.14 bits per heavy atom. The lowest BCUT2D eigenvalue weighted by Gasteiger charge is -2.07. The number of carbonyl (C=O) groups is 2. The van der Waals surface area contributed by atoms with Crippen LogP contribution in [0.3, 0.4) is 0 Å². The number of methoxy groups -OCH3 is 1. The van der Waals surface area contributed by atoms with Crippen molar-refractivity contribution in [2.75, 3.05) is 7.11 Å². The highest BCUT2D eigenvalue weighted by atomic mass is 16.6. The molecule has 0 atom stereocenters. The monoisotopic (exact) mass is 297 g/mol. The zero-order valence-corrected chi connectivity index (χ0v) is 12.3. The first kappa shape index (κ1) is 15.4. The lowest BCUT2D eigenvalue weighted by Crippen LogP contribution is -2.03. The molecule has 0 bridgehead atoms. The predicted molar refractivity (Wildman–Crippen MR) is 81.9 cm³/mol. The number of ketones is 1. The van der Waals surface area contributed by atoms with Gasteiger partial charge >= 0.3 is 5.97 Å². The van der Waals surface area contributed by atoms with Gasteiger partial charge in [-0.05, 0) is 12.2 Å². The molecule has 2 rings (SSSR count). The summed E-state index contributed by atoms with van der Waals surface area (Å²) in [7, 11) is 1.46. The number of esters is 1. The molecule has 2 aromatic rings. The number of allylic oxidation sites excluding steroid dienone is 1. The van der Waals surface area contributed by atoms with E-state index in [2.05, 4.69) is 4.98 Å². The van der Waals surface area contributed by atoms with E-state index in [1.54, 1.807) is 30.3 Å². The third-order valence-electron chi connectivity index (χ3n) is 2.79. The third kappa shape index (κ3) is 4.02. The molecule has 112 valence electrons.